The molecule has 168 valence electrons. The number of amides is 3. The van der Waals surface area contributed by atoms with E-state index in [4.69, 9.17) is 0 Å². The first-order chi connectivity index (χ1) is 15.5. The van der Waals surface area contributed by atoms with E-state index in [0.717, 1.165) is 25.8 Å². The smallest absolute Gasteiger partial charge is 0.229 e. The topological polar surface area (TPSA) is 89.6 Å². The van der Waals surface area contributed by atoms with Gasteiger partial charge in [-0.2, -0.15) is 5.10 Å². The van der Waals surface area contributed by atoms with Crippen LogP contribution in [0.1, 0.15) is 32.1 Å². The van der Waals surface area contributed by atoms with Crippen LogP contribution in [-0.4, -0.2) is 69.9 Å². The van der Waals surface area contributed by atoms with Gasteiger partial charge in [-0.15, -0.1) is 0 Å². The van der Waals surface area contributed by atoms with E-state index in [1.807, 2.05) is 4.90 Å². The van der Waals surface area contributed by atoms with Crippen molar-refractivity contribution in [1.82, 2.24) is 20.0 Å². The van der Waals surface area contributed by atoms with E-state index in [9.17, 15) is 18.8 Å². The summed E-state index contributed by atoms with van der Waals surface area (Å²) >= 11 is 0. The average molecular weight is 439 g/mol. The number of fused-ring (bicyclic) bond motifs is 5. The summed E-state index contributed by atoms with van der Waals surface area (Å²) in [6, 6.07) is 4.88. The highest BCUT2D eigenvalue weighted by molar-refractivity contribution is 6.05. The Bertz CT molecular complexity index is 1120. The van der Waals surface area contributed by atoms with Crippen LogP contribution in [-0.2, 0) is 14.4 Å². The van der Waals surface area contributed by atoms with Crippen molar-refractivity contribution >= 4 is 34.4 Å². The molecule has 1 N–H and O–H groups in total. The number of nitrogens with one attached hydrogen (secondary N) is 1. The molecule has 4 saturated heterocycles. The number of anilines is 1. The number of aromatic amines is 1. The first kappa shape index (κ1) is 19.7. The molecular weight excluding hydrogens is 413 g/mol. The van der Waals surface area contributed by atoms with Gasteiger partial charge in [0.05, 0.1) is 16.8 Å². The lowest BCUT2D eigenvalue weighted by Crippen LogP contribution is -2.61. The molecule has 8 nitrogen and oxygen atoms in total. The molecule has 1 aromatic carbocycles. The monoisotopic (exact) mass is 439 g/mol. The fraction of sp³-hybridized carbons (Fsp3) is 0.565. The van der Waals surface area contributed by atoms with Crippen LogP contribution in [0, 0.1) is 23.6 Å². The normalized spacial score (nSPS) is 30.2. The second-order valence-corrected chi connectivity index (χ2v) is 9.73. The number of carbonyl (C=O) groups excluding carboxylic acids is 3. The van der Waals surface area contributed by atoms with E-state index in [-0.39, 0.29) is 47.9 Å². The van der Waals surface area contributed by atoms with Gasteiger partial charge in [0.25, 0.3) is 0 Å². The second-order valence-electron chi connectivity index (χ2n) is 9.73. The number of piperidine rings is 3. The van der Waals surface area contributed by atoms with E-state index >= 15 is 0 Å². The molecule has 0 spiro atoms. The highest BCUT2D eigenvalue weighted by atomic mass is 19.1. The van der Waals surface area contributed by atoms with Crippen molar-refractivity contribution in [3.8, 4) is 0 Å². The van der Waals surface area contributed by atoms with E-state index in [0.29, 0.717) is 36.9 Å². The van der Waals surface area contributed by atoms with Crippen LogP contribution in [0.4, 0.5) is 10.2 Å². The molecular formula is C23H26FN5O3. The third kappa shape index (κ3) is 3.01. The lowest BCUT2D eigenvalue weighted by atomic mass is 9.75. The SMILES string of the molecule is O=C(C1CC(=O)N(c2n[nH]c3cccc(F)c23)C1)N1CC2CC(C1)C1CCCC(=O)N1C2. The molecule has 0 aliphatic carbocycles. The van der Waals surface area contributed by atoms with E-state index in [1.165, 1.54) is 11.0 Å². The maximum atomic E-state index is 14.4. The van der Waals surface area contributed by atoms with Crippen LogP contribution in [0.5, 0.6) is 0 Å². The molecule has 4 aliphatic heterocycles. The summed E-state index contributed by atoms with van der Waals surface area (Å²) < 4.78 is 14.4. The Morgan fingerprint density at radius 2 is 2.00 bits per heavy atom. The summed E-state index contributed by atoms with van der Waals surface area (Å²) in [5.74, 6) is 0.0132. The van der Waals surface area contributed by atoms with Crippen molar-refractivity contribution in [3.63, 3.8) is 0 Å². The van der Waals surface area contributed by atoms with Crippen molar-refractivity contribution in [1.29, 1.82) is 0 Å². The fourth-order valence-electron chi connectivity index (χ4n) is 6.33. The van der Waals surface area contributed by atoms with Crippen LogP contribution >= 0.6 is 0 Å². The minimum absolute atomic E-state index is 0.00792. The molecule has 32 heavy (non-hydrogen) atoms. The van der Waals surface area contributed by atoms with Gasteiger partial charge < -0.3 is 9.80 Å². The van der Waals surface area contributed by atoms with Crippen LogP contribution < -0.4 is 4.90 Å². The summed E-state index contributed by atoms with van der Waals surface area (Å²) in [6.07, 6.45) is 3.75. The van der Waals surface area contributed by atoms with Crippen molar-refractivity contribution < 1.29 is 18.8 Å². The first-order valence-electron chi connectivity index (χ1n) is 11.5. The maximum absolute atomic E-state index is 14.4. The Hall–Kier alpha value is -2.97. The van der Waals surface area contributed by atoms with Gasteiger partial charge in [-0.3, -0.25) is 24.4 Å². The minimum Gasteiger partial charge on any atom is -0.342 e. The summed E-state index contributed by atoms with van der Waals surface area (Å²) in [4.78, 5) is 44.0. The summed E-state index contributed by atoms with van der Waals surface area (Å²) in [5.41, 5.74) is 0.526. The molecule has 4 aliphatic rings. The molecule has 9 heteroatoms. The van der Waals surface area contributed by atoms with Gasteiger partial charge in [0.2, 0.25) is 17.7 Å². The number of hydrogen-bond acceptors (Lipinski definition) is 4. The number of halogens is 1. The summed E-state index contributed by atoms with van der Waals surface area (Å²) in [6.45, 7) is 2.23. The number of rotatable bonds is 2. The Morgan fingerprint density at radius 3 is 2.88 bits per heavy atom. The van der Waals surface area contributed by atoms with Crippen molar-refractivity contribution in [3.05, 3.63) is 24.0 Å². The van der Waals surface area contributed by atoms with Crippen molar-refractivity contribution in [2.24, 2.45) is 17.8 Å². The maximum Gasteiger partial charge on any atom is 0.229 e. The molecule has 2 aromatic rings. The van der Waals surface area contributed by atoms with Crippen molar-refractivity contribution in [2.45, 2.75) is 38.1 Å². The molecule has 1 aromatic heterocycles. The number of nitrogens with zero attached hydrogens (tertiary/aromatic N) is 4. The Labute approximate surface area is 184 Å². The van der Waals surface area contributed by atoms with Gasteiger partial charge in [0.15, 0.2) is 5.82 Å². The molecule has 3 amide bonds. The Morgan fingerprint density at radius 1 is 1.12 bits per heavy atom. The third-order valence-electron chi connectivity index (χ3n) is 7.74. The number of aromatic nitrogens is 2. The third-order valence-corrected chi connectivity index (χ3v) is 7.74. The average Bonchev–Trinajstić information content (AvgIpc) is 3.38. The van der Waals surface area contributed by atoms with Gasteiger partial charge >= 0.3 is 0 Å². The zero-order valence-electron chi connectivity index (χ0n) is 17.8. The number of carbonyl (C=O) groups is 3. The van der Waals surface area contributed by atoms with Gasteiger partial charge in [0, 0.05) is 45.1 Å². The molecule has 6 rings (SSSR count). The second kappa shape index (κ2) is 7.28. The molecule has 0 saturated carbocycles. The highest BCUT2D eigenvalue weighted by Crippen LogP contribution is 2.39. The molecule has 4 atom stereocenters. The van der Waals surface area contributed by atoms with Crippen LogP contribution in [0.2, 0.25) is 0 Å². The first-order valence-corrected chi connectivity index (χ1v) is 11.5. The lowest BCUT2D eigenvalue weighted by molar-refractivity contribution is -0.150. The number of likely N-dealkylation sites (tertiary alicyclic amines) is 1. The summed E-state index contributed by atoms with van der Waals surface area (Å²) in [5, 5.41) is 7.23. The molecule has 0 radical (unpaired) electrons. The van der Waals surface area contributed by atoms with Gasteiger partial charge in [-0.1, -0.05) is 6.07 Å². The largest absolute Gasteiger partial charge is 0.342 e. The lowest BCUT2D eigenvalue weighted by Gasteiger charge is -2.52. The Kier molecular flexibility index (Phi) is 4.48. The zero-order valence-corrected chi connectivity index (χ0v) is 17.8. The summed E-state index contributed by atoms with van der Waals surface area (Å²) in [7, 11) is 0. The Balaban J connectivity index is 1.19. The zero-order chi connectivity index (χ0) is 22.0. The predicted molar refractivity (Wildman–Crippen MR) is 114 cm³/mol. The van der Waals surface area contributed by atoms with Crippen LogP contribution in [0.15, 0.2) is 18.2 Å². The van der Waals surface area contributed by atoms with Crippen LogP contribution in [0.25, 0.3) is 10.9 Å². The highest BCUT2D eigenvalue weighted by Gasteiger charge is 2.47. The van der Waals surface area contributed by atoms with E-state index in [2.05, 4.69) is 15.1 Å². The number of H-pyrrole nitrogens is 1. The molecule has 5 heterocycles. The van der Waals surface area contributed by atoms with Gasteiger partial charge in [-0.05, 0) is 43.2 Å². The molecule has 4 fully saturated rings. The number of hydrogen-bond donors (Lipinski definition) is 1. The van der Waals surface area contributed by atoms with Gasteiger partial charge in [0.1, 0.15) is 5.82 Å². The van der Waals surface area contributed by atoms with E-state index in [1.54, 1.807) is 12.1 Å². The predicted octanol–water partition coefficient (Wildman–Crippen LogP) is 1.91. The molecule has 2 bridgehead atoms. The van der Waals surface area contributed by atoms with Crippen molar-refractivity contribution in [2.75, 3.05) is 31.1 Å². The number of benzene rings is 1. The molecule has 4 unspecified atom stereocenters. The van der Waals surface area contributed by atoms with Gasteiger partial charge in [-0.25, -0.2) is 4.39 Å². The van der Waals surface area contributed by atoms with E-state index < -0.39 is 11.7 Å². The standard InChI is InChI=1S/C23H26FN5O3/c24-16-3-1-4-17-21(16)22(26-25-17)29-12-15(8-20(29)31)23(32)27-9-13-7-14(11-27)18-5-2-6-19(30)28(18)10-13/h1,3-4,13-15,18H,2,5-12H2,(H,25,26). The van der Waals surface area contributed by atoms with Crippen LogP contribution in [0.3, 0.4) is 0 Å². The fourth-order valence-corrected chi connectivity index (χ4v) is 6.33. The quantitative estimate of drug-likeness (QED) is 0.774. The minimum atomic E-state index is -0.455.